The van der Waals surface area contributed by atoms with E-state index in [-0.39, 0.29) is 5.54 Å². The van der Waals surface area contributed by atoms with Gasteiger partial charge in [-0.1, -0.05) is 20.3 Å². The molecule has 0 aliphatic heterocycles. The molecule has 0 amide bonds. The lowest BCUT2D eigenvalue weighted by atomic mass is 9.67. The summed E-state index contributed by atoms with van der Waals surface area (Å²) in [6.45, 7) is 6.72. The molecule has 0 bridgehead atoms. The predicted octanol–water partition coefficient (Wildman–Crippen LogP) is 3.29. The van der Waals surface area contributed by atoms with Gasteiger partial charge in [0.05, 0.1) is 5.01 Å². The minimum Gasteiger partial charge on any atom is -0.325 e. The Morgan fingerprint density at radius 2 is 2.19 bits per heavy atom. The highest BCUT2D eigenvalue weighted by molar-refractivity contribution is 7.09. The van der Waals surface area contributed by atoms with Crippen molar-refractivity contribution in [3.63, 3.8) is 0 Å². The molecular weight excluding hydrogens is 216 g/mol. The monoisotopic (exact) mass is 238 g/mol. The van der Waals surface area contributed by atoms with Crippen molar-refractivity contribution in [2.45, 2.75) is 58.4 Å². The number of hydrogen-bond acceptors (Lipinski definition) is 3. The molecule has 0 spiro atoms. The number of nitrogens with zero attached hydrogens (tertiary/aromatic N) is 1. The number of rotatable bonds is 2. The predicted molar refractivity (Wildman–Crippen MR) is 69.7 cm³/mol. The molecule has 3 heteroatoms. The molecule has 1 unspecified atom stereocenters. The Hall–Kier alpha value is -0.410. The maximum Gasteiger partial charge on any atom is 0.0946 e. The van der Waals surface area contributed by atoms with Crippen LogP contribution in [0.15, 0.2) is 5.38 Å². The lowest BCUT2D eigenvalue weighted by Crippen LogP contribution is -2.48. The molecule has 2 nitrogen and oxygen atoms in total. The van der Waals surface area contributed by atoms with E-state index in [4.69, 9.17) is 5.73 Å². The molecule has 1 aromatic rings. The summed E-state index contributed by atoms with van der Waals surface area (Å²) >= 11 is 1.75. The number of aromatic nitrogens is 1. The second-order valence-corrected chi connectivity index (χ2v) is 7.06. The first-order valence-electron chi connectivity index (χ1n) is 6.09. The molecule has 1 saturated carbocycles. The van der Waals surface area contributed by atoms with E-state index >= 15 is 0 Å². The van der Waals surface area contributed by atoms with Gasteiger partial charge in [0.25, 0.3) is 0 Å². The van der Waals surface area contributed by atoms with Crippen molar-refractivity contribution < 1.29 is 0 Å². The molecule has 1 aliphatic carbocycles. The van der Waals surface area contributed by atoms with Gasteiger partial charge in [0.1, 0.15) is 0 Å². The smallest absolute Gasteiger partial charge is 0.0946 e. The van der Waals surface area contributed by atoms with E-state index < -0.39 is 0 Å². The van der Waals surface area contributed by atoms with Gasteiger partial charge in [-0.15, -0.1) is 11.3 Å². The molecule has 0 saturated heterocycles. The molecular formula is C13H22N2S. The van der Waals surface area contributed by atoms with Gasteiger partial charge in [0, 0.05) is 23.0 Å². The van der Waals surface area contributed by atoms with Gasteiger partial charge in [-0.25, -0.2) is 4.98 Å². The van der Waals surface area contributed by atoms with E-state index in [1.807, 2.05) is 6.92 Å². The number of hydrogen-bond donors (Lipinski definition) is 1. The molecule has 16 heavy (non-hydrogen) atoms. The fourth-order valence-corrected chi connectivity index (χ4v) is 3.91. The Labute approximate surface area is 102 Å². The van der Waals surface area contributed by atoms with Gasteiger partial charge >= 0.3 is 0 Å². The summed E-state index contributed by atoms with van der Waals surface area (Å²) in [5, 5.41) is 3.32. The SMILES string of the molecule is Cc1csc(CC2(N)CCCC(C)(C)C2)n1. The second kappa shape index (κ2) is 4.11. The summed E-state index contributed by atoms with van der Waals surface area (Å²) in [5.41, 5.74) is 8.05. The highest BCUT2D eigenvalue weighted by Crippen LogP contribution is 2.41. The van der Waals surface area contributed by atoms with Crippen molar-refractivity contribution >= 4 is 11.3 Å². The van der Waals surface area contributed by atoms with Gasteiger partial charge in [-0.2, -0.15) is 0 Å². The summed E-state index contributed by atoms with van der Waals surface area (Å²) in [4.78, 5) is 4.54. The topological polar surface area (TPSA) is 38.9 Å². The maximum atomic E-state index is 6.54. The molecule has 1 fully saturated rings. The van der Waals surface area contributed by atoms with Crippen LogP contribution >= 0.6 is 11.3 Å². The average Bonchev–Trinajstić information content (AvgIpc) is 2.47. The Bertz CT molecular complexity index is 370. The average molecular weight is 238 g/mol. The first kappa shape index (κ1) is 12.1. The van der Waals surface area contributed by atoms with Crippen LogP contribution in [0.3, 0.4) is 0 Å². The highest BCUT2D eigenvalue weighted by Gasteiger charge is 2.37. The van der Waals surface area contributed by atoms with Crippen molar-refractivity contribution in [3.8, 4) is 0 Å². The van der Waals surface area contributed by atoms with Crippen LogP contribution in [-0.2, 0) is 6.42 Å². The third kappa shape index (κ3) is 2.83. The van der Waals surface area contributed by atoms with E-state index in [1.165, 1.54) is 17.8 Å². The zero-order valence-corrected chi connectivity index (χ0v) is 11.4. The van der Waals surface area contributed by atoms with Crippen LogP contribution in [0.5, 0.6) is 0 Å². The Morgan fingerprint density at radius 3 is 2.75 bits per heavy atom. The van der Waals surface area contributed by atoms with E-state index in [1.54, 1.807) is 11.3 Å². The molecule has 0 radical (unpaired) electrons. The first-order valence-corrected chi connectivity index (χ1v) is 6.97. The fraction of sp³-hybridized carbons (Fsp3) is 0.769. The minimum atomic E-state index is -0.0218. The van der Waals surface area contributed by atoms with Gasteiger partial charge in [0.2, 0.25) is 0 Å². The van der Waals surface area contributed by atoms with Crippen molar-refractivity contribution in [2.24, 2.45) is 11.1 Å². The van der Waals surface area contributed by atoms with Crippen LogP contribution in [0.4, 0.5) is 0 Å². The van der Waals surface area contributed by atoms with Crippen LogP contribution in [0.2, 0.25) is 0 Å². The van der Waals surface area contributed by atoms with Crippen molar-refractivity contribution in [3.05, 3.63) is 16.1 Å². The summed E-state index contributed by atoms with van der Waals surface area (Å²) in [7, 11) is 0. The minimum absolute atomic E-state index is 0.0218. The summed E-state index contributed by atoms with van der Waals surface area (Å²) in [5.74, 6) is 0. The largest absolute Gasteiger partial charge is 0.325 e. The van der Waals surface area contributed by atoms with Gasteiger partial charge in [0.15, 0.2) is 0 Å². The van der Waals surface area contributed by atoms with Crippen molar-refractivity contribution in [1.29, 1.82) is 0 Å². The van der Waals surface area contributed by atoms with Crippen LogP contribution in [-0.4, -0.2) is 10.5 Å². The van der Waals surface area contributed by atoms with Gasteiger partial charge in [-0.05, 0) is 31.6 Å². The van der Waals surface area contributed by atoms with Crippen LogP contribution in [0.1, 0.15) is 50.2 Å². The van der Waals surface area contributed by atoms with Crippen molar-refractivity contribution in [2.75, 3.05) is 0 Å². The lowest BCUT2D eigenvalue weighted by Gasteiger charge is -2.42. The third-order valence-electron chi connectivity index (χ3n) is 3.53. The molecule has 1 heterocycles. The lowest BCUT2D eigenvalue weighted by molar-refractivity contribution is 0.151. The van der Waals surface area contributed by atoms with Gasteiger partial charge in [-0.3, -0.25) is 0 Å². The standard InChI is InChI=1S/C13H22N2S/c1-10-8-16-11(15-10)7-13(14)6-4-5-12(2,3)9-13/h8H,4-7,9,14H2,1-3H3. The number of nitrogens with two attached hydrogens (primary N) is 1. The molecule has 1 atom stereocenters. The summed E-state index contributed by atoms with van der Waals surface area (Å²) < 4.78 is 0. The van der Waals surface area contributed by atoms with Gasteiger partial charge < -0.3 is 5.73 Å². The molecule has 0 aromatic carbocycles. The fourth-order valence-electron chi connectivity index (χ4n) is 2.98. The van der Waals surface area contributed by atoms with Crippen LogP contribution in [0, 0.1) is 12.3 Å². The van der Waals surface area contributed by atoms with E-state index in [0.717, 1.165) is 25.0 Å². The molecule has 90 valence electrons. The van der Waals surface area contributed by atoms with E-state index in [0.29, 0.717) is 5.41 Å². The van der Waals surface area contributed by atoms with E-state index in [2.05, 4.69) is 24.2 Å². The molecule has 2 N–H and O–H groups in total. The van der Waals surface area contributed by atoms with Crippen LogP contribution < -0.4 is 5.73 Å². The second-order valence-electron chi connectivity index (χ2n) is 6.12. The molecule has 2 rings (SSSR count). The molecule has 1 aromatic heterocycles. The Kier molecular flexibility index (Phi) is 3.10. The summed E-state index contributed by atoms with van der Waals surface area (Å²) in [6, 6.07) is 0. The number of aryl methyl sites for hydroxylation is 1. The molecule has 1 aliphatic rings. The highest BCUT2D eigenvalue weighted by atomic mass is 32.1. The zero-order chi connectivity index (χ0) is 11.8. The Morgan fingerprint density at radius 1 is 1.44 bits per heavy atom. The maximum absolute atomic E-state index is 6.54. The normalized spacial score (nSPS) is 29.2. The van der Waals surface area contributed by atoms with E-state index in [9.17, 15) is 0 Å². The van der Waals surface area contributed by atoms with Crippen LogP contribution in [0.25, 0.3) is 0 Å². The quantitative estimate of drug-likeness (QED) is 0.858. The third-order valence-corrected chi connectivity index (χ3v) is 4.50. The van der Waals surface area contributed by atoms with Crippen molar-refractivity contribution in [1.82, 2.24) is 4.98 Å². The summed E-state index contributed by atoms with van der Waals surface area (Å²) in [6.07, 6.45) is 5.79. The number of thiazole rings is 1. The first-order chi connectivity index (χ1) is 7.39. The Balaban J connectivity index is 2.07. The zero-order valence-electron chi connectivity index (χ0n) is 10.5.